The molecule has 0 saturated heterocycles. The number of amides is 2. The first-order valence-electron chi connectivity index (χ1n) is 3.68. The summed E-state index contributed by atoms with van der Waals surface area (Å²) in [4.78, 5) is 11.1. The van der Waals surface area contributed by atoms with Gasteiger partial charge in [0.25, 0.3) is 0 Å². The summed E-state index contributed by atoms with van der Waals surface area (Å²) in [5.74, 6) is 0. The number of rotatable bonds is 1. The van der Waals surface area contributed by atoms with E-state index in [4.69, 9.17) is 11.6 Å². The molecule has 1 rings (SSSR count). The molecule has 0 aliphatic heterocycles. The van der Waals surface area contributed by atoms with Crippen molar-refractivity contribution in [1.29, 1.82) is 0 Å². The average molecular weight is 342 g/mol. The number of hydrogen-bond acceptors (Lipinski definition) is 1. The Kier molecular flexibility index (Phi) is 4.22. The third-order valence-electron chi connectivity index (χ3n) is 1.47. The second kappa shape index (κ2) is 5.00. The van der Waals surface area contributed by atoms with Gasteiger partial charge in [-0.2, -0.15) is 0 Å². The molecule has 0 radical (unpaired) electrons. The minimum Gasteiger partial charge on any atom is -0.341 e. The Morgan fingerprint density at radius 2 is 1.86 bits per heavy atom. The van der Waals surface area contributed by atoms with Gasteiger partial charge in [-0.05, 0) is 44.0 Å². The van der Waals surface area contributed by atoms with Gasteiger partial charge in [0.05, 0.1) is 5.69 Å². The van der Waals surface area contributed by atoms with Crippen molar-refractivity contribution >= 4 is 55.2 Å². The molecule has 0 bridgehead atoms. The van der Waals surface area contributed by atoms with Crippen molar-refractivity contribution in [1.82, 2.24) is 5.32 Å². The third-order valence-corrected chi connectivity index (χ3v) is 2.94. The topological polar surface area (TPSA) is 41.1 Å². The first-order chi connectivity index (χ1) is 6.54. The van der Waals surface area contributed by atoms with Crippen LogP contribution in [0.3, 0.4) is 0 Å². The van der Waals surface area contributed by atoms with Crippen LogP contribution in [0.2, 0.25) is 5.02 Å². The van der Waals surface area contributed by atoms with Crippen LogP contribution in [-0.2, 0) is 0 Å². The average Bonchev–Trinajstić information content (AvgIpc) is 2.10. The summed E-state index contributed by atoms with van der Waals surface area (Å²) >= 11 is 12.4. The highest BCUT2D eigenvalue weighted by atomic mass is 79.9. The zero-order valence-corrected chi connectivity index (χ0v) is 11.1. The Morgan fingerprint density at radius 1 is 1.36 bits per heavy atom. The van der Waals surface area contributed by atoms with Crippen LogP contribution in [-0.4, -0.2) is 13.1 Å². The van der Waals surface area contributed by atoms with Gasteiger partial charge in [-0.25, -0.2) is 4.79 Å². The second-order valence-corrected chi connectivity index (χ2v) is 4.59. The Balaban J connectivity index is 3.02. The molecule has 2 N–H and O–H groups in total. The molecule has 3 nitrogen and oxygen atoms in total. The molecule has 0 saturated carbocycles. The van der Waals surface area contributed by atoms with E-state index in [0.717, 1.165) is 8.95 Å². The van der Waals surface area contributed by atoms with Crippen LogP contribution in [0.5, 0.6) is 0 Å². The lowest BCUT2D eigenvalue weighted by Gasteiger charge is -2.09. The van der Waals surface area contributed by atoms with E-state index < -0.39 is 0 Å². The van der Waals surface area contributed by atoms with Crippen LogP contribution in [0.15, 0.2) is 21.1 Å². The normalized spacial score (nSPS) is 9.71. The van der Waals surface area contributed by atoms with Crippen LogP contribution in [0.1, 0.15) is 0 Å². The molecule has 1 aromatic carbocycles. The van der Waals surface area contributed by atoms with Crippen LogP contribution >= 0.6 is 43.5 Å². The predicted octanol–water partition coefficient (Wildman–Crippen LogP) is 3.62. The summed E-state index contributed by atoms with van der Waals surface area (Å²) in [6.07, 6.45) is 0. The Labute approximate surface area is 103 Å². The quantitative estimate of drug-likeness (QED) is 0.804. The number of carbonyl (C=O) groups excluding carboxylic acids is 1. The zero-order valence-electron chi connectivity index (χ0n) is 7.20. The van der Waals surface area contributed by atoms with Crippen molar-refractivity contribution in [3.63, 3.8) is 0 Å². The Morgan fingerprint density at radius 3 is 2.29 bits per heavy atom. The molecule has 6 heteroatoms. The van der Waals surface area contributed by atoms with Crippen molar-refractivity contribution in [3.8, 4) is 0 Å². The van der Waals surface area contributed by atoms with Crippen LogP contribution in [0.4, 0.5) is 10.5 Å². The van der Waals surface area contributed by atoms with Gasteiger partial charge in [0.1, 0.15) is 0 Å². The van der Waals surface area contributed by atoms with E-state index in [0.29, 0.717) is 10.7 Å². The Hall–Kier alpha value is -0.260. The highest BCUT2D eigenvalue weighted by molar-refractivity contribution is 9.11. The fourth-order valence-corrected chi connectivity index (χ4v) is 2.70. The second-order valence-electron chi connectivity index (χ2n) is 2.45. The van der Waals surface area contributed by atoms with E-state index in [2.05, 4.69) is 42.5 Å². The molecular weight excluding hydrogens is 335 g/mol. The first-order valence-corrected chi connectivity index (χ1v) is 5.64. The van der Waals surface area contributed by atoms with Gasteiger partial charge in [0.2, 0.25) is 0 Å². The van der Waals surface area contributed by atoms with Gasteiger partial charge in [0, 0.05) is 21.0 Å². The number of nitrogens with one attached hydrogen (secondary N) is 2. The minimum absolute atomic E-state index is 0.284. The highest BCUT2D eigenvalue weighted by Crippen LogP contribution is 2.33. The van der Waals surface area contributed by atoms with E-state index in [9.17, 15) is 4.79 Å². The third kappa shape index (κ3) is 2.87. The van der Waals surface area contributed by atoms with Crippen molar-refractivity contribution in [3.05, 3.63) is 26.1 Å². The van der Waals surface area contributed by atoms with Gasteiger partial charge in [0.15, 0.2) is 0 Å². The molecular formula is C8H7Br2ClN2O. The summed E-state index contributed by atoms with van der Waals surface area (Å²) in [5, 5.41) is 5.70. The van der Waals surface area contributed by atoms with Crippen LogP contribution < -0.4 is 10.6 Å². The van der Waals surface area contributed by atoms with Crippen molar-refractivity contribution in [2.45, 2.75) is 0 Å². The van der Waals surface area contributed by atoms with E-state index in [1.807, 2.05) is 0 Å². The van der Waals surface area contributed by atoms with E-state index >= 15 is 0 Å². The molecule has 0 unspecified atom stereocenters. The van der Waals surface area contributed by atoms with E-state index in [-0.39, 0.29) is 6.03 Å². The predicted molar refractivity (Wildman–Crippen MR) is 64.9 cm³/mol. The fourth-order valence-electron chi connectivity index (χ4n) is 0.838. The molecule has 0 spiro atoms. The summed E-state index contributed by atoms with van der Waals surface area (Å²) in [7, 11) is 1.55. The lowest BCUT2D eigenvalue weighted by molar-refractivity contribution is 0.254. The molecule has 0 heterocycles. The smallest absolute Gasteiger partial charge is 0.319 e. The maximum absolute atomic E-state index is 11.1. The summed E-state index contributed by atoms with van der Waals surface area (Å²) < 4.78 is 1.45. The largest absolute Gasteiger partial charge is 0.341 e. The number of benzene rings is 1. The lowest BCUT2D eigenvalue weighted by Crippen LogP contribution is -2.24. The van der Waals surface area contributed by atoms with E-state index in [1.54, 1.807) is 19.2 Å². The number of hydrogen-bond donors (Lipinski definition) is 2. The standard InChI is InChI=1S/C8H7Br2ClN2O/c1-12-8(14)13-7-5(9)2-4(11)3-6(7)10/h2-3H,1H3,(H2,12,13,14). The van der Waals surface area contributed by atoms with Crippen molar-refractivity contribution in [2.24, 2.45) is 0 Å². The SMILES string of the molecule is CNC(=O)Nc1c(Br)cc(Cl)cc1Br. The first kappa shape index (κ1) is 11.8. The molecule has 14 heavy (non-hydrogen) atoms. The maximum atomic E-state index is 11.1. The molecule has 0 fully saturated rings. The Bertz CT molecular complexity index is 347. The zero-order chi connectivity index (χ0) is 10.7. The highest BCUT2D eigenvalue weighted by Gasteiger charge is 2.08. The number of carbonyl (C=O) groups is 1. The monoisotopic (exact) mass is 340 g/mol. The van der Waals surface area contributed by atoms with Gasteiger partial charge < -0.3 is 10.6 Å². The van der Waals surface area contributed by atoms with Crippen LogP contribution in [0, 0.1) is 0 Å². The molecule has 2 amide bonds. The lowest BCUT2D eigenvalue weighted by atomic mass is 10.3. The number of halogens is 3. The molecule has 0 aliphatic carbocycles. The summed E-state index contributed by atoms with van der Waals surface area (Å²) in [6.45, 7) is 0. The van der Waals surface area contributed by atoms with Crippen molar-refractivity contribution in [2.75, 3.05) is 12.4 Å². The minimum atomic E-state index is -0.284. The number of urea groups is 1. The van der Waals surface area contributed by atoms with Crippen molar-refractivity contribution < 1.29 is 4.79 Å². The fraction of sp³-hybridized carbons (Fsp3) is 0.125. The van der Waals surface area contributed by atoms with Crippen LogP contribution in [0.25, 0.3) is 0 Å². The van der Waals surface area contributed by atoms with Gasteiger partial charge in [-0.15, -0.1) is 0 Å². The van der Waals surface area contributed by atoms with E-state index in [1.165, 1.54) is 0 Å². The maximum Gasteiger partial charge on any atom is 0.319 e. The molecule has 0 aromatic heterocycles. The van der Waals surface area contributed by atoms with Gasteiger partial charge in [-0.1, -0.05) is 11.6 Å². The van der Waals surface area contributed by atoms with Gasteiger partial charge >= 0.3 is 6.03 Å². The van der Waals surface area contributed by atoms with Gasteiger partial charge in [-0.3, -0.25) is 0 Å². The molecule has 0 atom stereocenters. The molecule has 0 aliphatic rings. The number of anilines is 1. The summed E-state index contributed by atoms with van der Waals surface area (Å²) in [6, 6.07) is 3.13. The molecule has 76 valence electrons. The molecule has 1 aromatic rings. The summed E-state index contributed by atoms with van der Waals surface area (Å²) in [5.41, 5.74) is 0.647.